The molecule has 2 N–H and O–H groups in total. The first kappa shape index (κ1) is 18.3. The Morgan fingerprint density at radius 1 is 1.19 bits per heavy atom. The van der Waals surface area contributed by atoms with Crippen LogP contribution in [0.4, 0.5) is 0 Å². The lowest BCUT2D eigenvalue weighted by Gasteiger charge is -2.15. The van der Waals surface area contributed by atoms with E-state index in [1.807, 2.05) is 0 Å². The molecule has 0 aliphatic heterocycles. The molecule has 0 saturated heterocycles. The van der Waals surface area contributed by atoms with E-state index in [4.69, 9.17) is 4.99 Å². The second kappa shape index (κ2) is 10.0. The fourth-order valence-corrected chi connectivity index (χ4v) is 2.30. The van der Waals surface area contributed by atoms with E-state index in [-0.39, 0.29) is 24.0 Å². The summed E-state index contributed by atoms with van der Waals surface area (Å²) in [4.78, 5) is 4.76. The number of nitrogens with one attached hydrogen (secondary N) is 2. The molecule has 2 rings (SSSR count). The molecule has 1 aromatic rings. The summed E-state index contributed by atoms with van der Waals surface area (Å²) < 4.78 is 0. The zero-order valence-electron chi connectivity index (χ0n) is 13.1. The van der Waals surface area contributed by atoms with Crippen molar-refractivity contribution in [2.45, 2.75) is 39.0 Å². The second-order valence-electron chi connectivity index (χ2n) is 5.56. The van der Waals surface area contributed by atoms with Gasteiger partial charge in [-0.25, -0.2) is 0 Å². The normalized spacial score (nSPS) is 16.0. The molecule has 1 fully saturated rings. The Kier molecular flexibility index (Phi) is 8.73. The maximum atomic E-state index is 4.76. The Labute approximate surface area is 146 Å². The molecule has 1 aliphatic rings. The van der Waals surface area contributed by atoms with Gasteiger partial charge in [-0.2, -0.15) is 0 Å². The molecule has 1 saturated carbocycles. The summed E-state index contributed by atoms with van der Waals surface area (Å²) >= 11 is 0. The van der Waals surface area contributed by atoms with E-state index in [0.717, 1.165) is 37.9 Å². The quantitative estimate of drug-likeness (QED) is 0.415. The molecule has 0 spiro atoms. The van der Waals surface area contributed by atoms with Crippen LogP contribution in [0.1, 0.15) is 44.6 Å². The number of benzene rings is 1. The predicted molar refractivity (Wildman–Crippen MR) is 102 cm³/mol. The third-order valence-electron chi connectivity index (χ3n) is 3.83. The molecule has 1 atom stereocenters. The van der Waals surface area contributed by atoms with Crippen LogP contribution >= 0.6 is 24.0 Å². The van der Waals surface area contributed by atoms with Gasteiger partial charge in [0.05, 0.1) is 0 Å². The molecule has 4 heteroatoms. The maximum Gasteiger partial charge on any atom is 0.191 e. The summed E-state index contributed by atoms with van der Waals surface area (Å²) in [6.07, 6.45) is 3.86. The first-order valence-corrected chi connectivity index (χ1v) is 7.90. The standard InChI is InChI=1S/C17H27N3.HI/c1-3-15(16-8-6-5-7-9-16)13-20-17(18-4-2)19-12-14-10-11-14;/h5-9,14-15H,3-4,10-13H2,1-2H3,(H2,18,19,20);1H. The predicted octanol–water partition coefficient (Wildman–Crippen LogP) is 3.76. The van der Waals surface area contributed by atoms with Crippen LogP contribution in [0.15, 0.2) is 35.3 Å². The minimum Gasteiger partial charge on any atom is -0.357 e. The number of guanidine groups is 1. The molecule has 118 valence electrons. The highest BCUT2D eigenvalue weighted by molar-refractivity contribution is 14.0. The number of halogens is 1. The Hall–Kier alpha value is -0.780. The highest BCUT2D eigenvalue weighted by Crippen LogP contribution is 2.27. The van der Waals surface area contributed by atoms with Gasteiger partial charge in [-0.3, -0.25) is 4.99 Å². The van der Waals surface area contributed by atoms with Crippen molar-refractivity contribution in [3.05, 3.63) is 35.9 Å². The van der Waals surface area contributed by atoms with E-state index in [1.54, 1.807) is 0 Å². The zero-order chi connectivity index (χ0) is 14.2. The van der Waals surface area contributed by atoms with Crippen LogP contribution in [0.5, 0.6) is 0 Å². The van der Waals surface area contributed by atoms with Crippen molar-refractivity contribution >= 4 is 29.9 Å². The van der Waals surface area contributed by atoms with Gasteiger partial charge in [0.1, 0.15) is 0 Å². The molecular formula is C17H28IN3. The van der Waals surface area contributed by atoms with Crippen molar-refractivity contribution < 1.29 is 0 Å². The van der Waals surface area contributed by atoms with Crippen LogP contribution < -0.4 is 10.6 Å². The van der Waals surface area contributed by atoms with E-state index in [0.29, 0.717) is 5.92 Å². The van der Waals surface area contributed by atoms with Gasteiger partial charge < -0.3 is 10.6 Å². The minimum absolute atomic E-state index is 0. The van der Waals surface area contributed by atoms with E-state index in [9.17, 15) is 0 Å². The largest absolute Gasteiger partial charge is 0.357 e. The van der Waals surface area contributed by atoms with Crippen LogP contribution in [0, 0.1) is 5.92 Å². The molecule has 21 heavy (non-hydrogen) atoms. The molecule has 1 unspecified atom stereocenters. The average molecular weight is 401 g/mol. The zero-order valence-corrected chi connectivity index (χ0v) is 15.5. The van der Waals surface area contributed by atoms with Crippen molar-refractivity contribution in [3.63, 3.8) is 0 Å². The third-order valence-corrected chi connectivity index (χ3v) is 3.83. The molecule has 1 aromatic carbocycles. The average Bonchev–Trinajstić information content (AvgIpc) is 3.30. The van der Waals surface area contributed by atoms with Crippen molar-refractivity contribution in [1.29, 1.82) is 0 Å². The van der Waals surface area contributed by atoms with Crippen molar-refractivity contribution in [2.24, 2.45) is 10.9 Å². The van der Waals surface area contributed by atoms with Crippen molar-refractivity contribution in [1.82, 2.24) is 10.6 Å². The number of nitrogens with zero attached hydrogens (tertiary/aromatic N) is 1. The van der Waals surface area contributed by atoms with Crippen molar-refractivity contribution in [2.75, 3.05) is 19.6 Å². The fourth-order valence-electron chi connectivity index (χ4n) is 2.30. The van der Waals surface area contributed by atoms with Gasteiger partial charge in [0.2, 0.25) is 0 Å². The summed E-state index contributed by atoms with van der Waals surface area (Å²) in [5.74, 6) is 2.34. The maximum absolute atomic E-state index is 4.76. The number of hydrogen-bond acceptors (Lipinski definition) is 1. The molecule has 0 amide bonds. The Balaban J connectivity index is 0.00000220. The summed E-state index contributed by atoms with van der Waals surface area (Å²) in [6.45, 7) is 7.17. The molecule has 0 bridgehead atoms. The van der Waals surface area contributed by atoms with Gasteiger partial charge in [0.25, 0.3) is 0 Å². The lowest BCUT2D eigenvalue weighted by atomic mass is 9.97. The number of hydrogen-bond donors (Lipinski definition) is 2. The van der Waals surface area contributed by atoms with Gasteiger partial charge in [-0.15, -0.1) is 24.0 Å². The summed E-state index contributed by atoms with van der Waals surface area (Å²) in [7, 11) is 0. The van der Waals surface area contributed by atoms with Crippen molar-refractivity contribution in [3.8, 4) is 0 Å². The van der Waals surface area contributed by atoms with Gasteiger partial charge in [0.15, 0.2) is 5.96 Å². The van der Waals surface area contributed by atoms with Gasteiger partial charge in [-0.05, 0) is 37.7 Å². The van der Waals surface area contributed by atoms with Crippen LogP contribution in [-0.4, -0.2) is 25.6 Å². The third kappa shape index (κ3) is 6.68. The molecule has 0 radical (unpaired) electrons. The molecule has 1 aliphatic carbocycles. The minimum atomic E-state index is 0. The first-order valence-electron chi connectivity index (χ1n) is 7.90. The van der Waals surface area contributed by atoms with Gasteiger partial charge in [-0.1, -0.05) is 37.3 Å². The monoisotopic (exact) mass is 401 g/mol. The Morgan fingerprint density at radius 3 is 2.48 bits per heavy atom. The van der Waals surface area contributed by atoms with E-state index in [1.165, 1.54) is 18.4 Å². The number of rotatable bonds is 7. The molecule has 0 heterocycles. The number of aliphatic imine (C=N–C) groups is 1. The molecule has 0 aromatic heterocycles. The Bertz CT molecular complexity index is 415. The van der Waals surface area contributed by atoms with Crippen LogP contribution in [0.25, 0.3) is 0 Å². The van der Waals surface area contributed by atoms with Crippen LogP contribution in [0.3, 0.4) is 0 Å². The van der Waals surface area contributed by atoms with Crippen LogP contribution in [-0.2, 0) is 0 Å². The second-order valence-corrected chi connectivity index (χ2v) is 5.56. The van der Waals surface area contributed by atoms with Gasteiger partial charge >= 0.3 is 0 Å². The first-order chi connectivity index (χ1) is 9.83. The summed E-state index contributed by atoms with van der Waals surface area (Å²) in [6, 6.07) is 10.7. The lowest BCUT2D eigenvalue weighted by Crippen LogP contribution is -2.38. The fraction of sp³-hybridized carbons (Fsp3) is 0.588. The van der Waals surface area contributed by atoms with Crippen LogP contribution in [0.2, 0.25) is 0 Å². The van der Waals surface area contributed by atoms with Gasteiger partial charge in [0, 0.05) is 25.6 Å². The summed E-state index contributed by atoms with van der Waals surface area (Å²) in [5, 5.41) is 6.79. The molecule has 3 nitrogen and oxygen atoms in total. The molecular weight excluding hydrogens is 373 g/mol. The smallest absolute Gasteiger partial charge is 0.191 e. The lowest BCUT2D eigenvalue weighted by molar-refractivity contribution is 0.663. The highest BCUT2D eigenvalue weighted by atomic mass is 127. The summed E-state index contributed by atoms with van der Waals surface area (Å²) in [5.41, 5.74) is 1.39. The van der Waals surface area contributed by atoms with E-state index in [2.05, 4.69) is 54.8 Å². The SMILES string of the molecule is CCNC(=NCC(CC)c1ccccc1)NCC1CC1.I. The topological polar surface area (TPSA) is 36.4 Å². The van der Waals surface area contributed by atoms with E-state index < -0.39 is 0 Å². The highest BCUT2D eigenvalue weighted by Gasteiger charge is 2.21. The Morgan fingerprint density at radius 2 is 1.90 bits per heavy atom. The van der Waals surface area contributed by atoms with E-state index >= 15 is 0 Å².